The average Bonchev–Trinajstić information content (AvgIpc) is 3.20. The number of hydrogen-bond donors (Lipinski definition) is 6. The Morgan fingerprint density at radius 2 is 0.983 bits per heavy atom. The van der Waals surface area contributed by atoms with Crippen LogP contribution >= 0.6 is 23.2 Å². The van der Waals surface area contributed by atoms with Crippen LogP contribution < -0.4 is 0 Å². The third kappa shape index (κ3) is 88.2. The number of halogens is 2. The number of carboxylic acids is 1. The number of nitrogens with one attached hydrogen (secondary N) is 1. The summed E-state index contributed by atoms with van der Waals surface area (Å²) in [6.45, 7) is 16.3. The number of ether oxygens (including phenoxy) is 3. The molecule has 0 bridgehead atoms. The first kappa shape index (κ1) is 71.4. The number of carbonyl (C=O) groups excluding carboxylic acids is 2. The van der Waals surface area contributed by atoms with Gasteiger partial charge in [-0.15, -0.1) is 23.2 Å². The molecule has 0 aromatic heterocycles. The first-order valence-corrected chi connectivity index (χ1v) is 25.3. The van der Waals surface area contributed by atoms with E-state index < -0.39 is 26.3 Å². The van der Waals surface area contributed by atoms with Gasteiger partial charge >= 0.3 is 17.9 Å². The van der Waals surface area contributed by atoms with Gasteiger partial charge in [0.15, 0.2) is 0 Å². The maximum absolute atomic E-state index is 10.7. The van der Waals surface area contributed by atoms with Gasteiger partial charge in [0.2, 0.25) is 0 Å². The van der Waals surface area contributed by atoms with Gasteiger partial charge in [-0.1, -0.05) is 111 Å². The molecule has 0 heterocycles. The molecule has 3 atom stereocenters. The molecule has 0 fully saturated rings. The van der Waals surface area contributed by atoms with Crippen molar-refractivity contribution in [2.24, 2.45) is 5.92 Å². The van der Waals surface area contributed by atoms with E-state index in [1.165, 1.54) is 58.5 Å². The topological polar surface area (TPSA) is 204 Å². The molecule has 0 radical (unpaired) electrons. The third-order valence-electron chi connectivity index (χ3n) is 7.51. The highest BCUT2D eigenvalue weighted by molar-refractivity contribution is 6.99. The van der Waals surface area contributed by atoms with Gasteiger partial charge in [0.1, 0.15) is 0 Å². The van der Waals surface area contributed by atoms with E-state index in [4.69, 9.17) is 58.9 Å². The van der Waals surface area contributed by atoms with Crippen LogP contribution in [-0.2, 0) is 28.6 Å². The quantitative estimate of drug-likeness (QED) is 0.0114. The van der Waals surface area contributed by atoms with Crippen LogP contribution in [0.4, 0.5) is 0 Å². The summed E-state index contributed by atoms with van der Waals surface area (Å²) in [4.78, 5) is 31.4. The van der Waals surface area contributed by atoms with Crippen molar-refractivity contribution in [3.05, 3.63) is 36.5 Å². The second-order valence-corrected chi connectivity index (χ2v) is 19.9. The minimum Gasteiger partial charge on any atom is -0.478 e. The van der Waals surface area contributed by atoms with Gasteiger partial charge in [-0.2, -0.15) is 0 Å². The Labute approximate surface area is 371 Å². The fourth-order valence-corrected chi connectivity index (χ4v) is 3.84. The number of unbranched alkanes of at least 4 members (excludes halogenated alkanes) is 9. The summed E-state index contributed by atoms with van der Waals surface area (Å²) >= 11 is 9.53. The fourth-order valence-electron chi connectivity index (χ4n) is 3.84. The highest BCUT2D eigenvalue weighted by atomic mass is 35.5. The summed E-state index contributed by atoms with van der Waals surface area (Å²) in [5.74, 6) is 0.934. The molecule has 0 saturated carbocycles. The van der Waals surface area contributed by atoms with Gasteiger partial charge in [0.05, 0.1) is 53.1 Å². The van der Waals surface area contributed by atoms with Crippen LogP contribution in [0.5, 0.6) is 0 Å². The van der Waals surface area contributed by atoms with Crippen molar-refractivity contribution >= 4 is 55.0 Å². The molecular weight excluding hydrogens is 817 g/mol. The number of hydrogen-bond acceptors (Lipinski definition) is 11. The number of alkyl halides is 2. The van der Waals surface area contributed by atoms with Crippen molar-refractivity contribution in [3.8, 4) is 0 Å². The lowest BCUT2D eigenvalue weighted by atomic mass is 10.0. The standard InChI is InChI=1S/C13H24O2.C11H20O4.C10H18O4.C4H11NSi.C4H10O.CH2Cl2.CH4/c1-4-12(2)10-8-6-5-7-9-11-13(14)15-3;1-15-11(14)8-6-4-2-3-5-7-10(13)9-12;11-8-9(12)6-4-2-1-3-5-7-10(13)14;1-6(2,3)4-5;1-3-5-4-2;2-1-3;/h9,11-12H,4-8,10H2,1-3H3;6,8,10,12-13H,2-5,7,9H2,1H3;5,7,9,11-12H,1-4,6,8H2,(H,13,14);4-5H,1-3H3;3-4H2,1-2H3;1H2;1H4/b11-9+;8-6+;7-5+;;;;. The number of aliphatic hydroxyl groups is 4. The van der Waals surface area contributed by atoms with Crippen LogP contribution in [0.1, 0.15) is 138 Å². The van der Waals surface area contributed by atoms with E-state index in [1.807, 2.05) is 19.9 Å². The number of aliphatic carboxylic acids is 1. The lowest BCUT2D eigenvalue weighted by molar-refractivity contribution is -0.135. The zero-order valence-corrected chi connectivity index (χ0v) is 40.1. The smallest absolute Gasteiger partial charge is 0.330 e. The Bertz CT molecular complexity index is 922. The molecule has 0 spiro atoms. The summed E-state index contributed by atoms with van der Waals surface area (Å²) < 4.78 is 13.8. The monoisotopic (exact) mass is 906 g/mol. The van der Waals surface area contributed by atoms with Crippen molar-refractivity contribution in [2.75, 3.05) is 46.0 Å². The maximum Gasteiger partial charge on any atom is 0.330 e. The molecule has 12 nitrogen and oxygen atoms in total. The Balaban J connectivity index is -0.000000117. The van der Waals surface area contributed by atoms with Crippen molar-refractivity contribution in [1.29, 1.82) is 5.41 Å². The van der Waals surface area contributed by atoms with E-state index >= 15 is 0 Å². The van der Waals surface area contributed by atoms with E-state index in [1.54, 1.807) is 18.0 Å². The van der Waals surface area contributed by atoms with Gasteiger partial charge in [-0.3, -0.25) is 0 Å². The van der Waals surface area contributed by atoms with E-state index in [0.29, 0.717) is 12.8 Å². The van der Waals surface area contributed by atoms with Gasteiger partial charge in [-0.05, 0) is 77.0 Å². The lowest BCUT2D eigenvalue weighted by Gasteiger charge is -2.06. The van der Waals surface area contributed by atoms with Gasteiger partial charge in [0, 0.05) is 31.4 Å². The molecule has 0 aliphatic carbocycles. The summed E-state index contributed by atoms with van der Waals surface area (Å²) in [6.07, 6.45) is 23.9. The summed E-state index contributed by atoms with van der Waals surface area (Å²) in [5.41, 5.74) is 0. The predicted octanol–water partition coefficient (Wildman–Crippen LogP) is 10.3. The highest BCUT2D eigenvalue weighted by Crippen LogP contribution is 2.13. The number of esters is 2. The predicted molar refractivity (Wildman–Crippen MR) is 252 cm³/mol. The maximum atomic E-state index is 10.7. The average molecular weight is 907 g/mol. The molecule has 3 unspecified atom stereocenters. The molecule has 59 heavy (non-hydrogen) atoms. The number of allylic oxidation sites excluding steroid dienone is 3. The first-order valence-electron chi connectivity index (χ1n) is 20.6. The van der Waals surface area contributed by atoms with E-state index in [9.17, 15) is 14.4 Å². The van der Waals surface area contributed by atoms with Crippen molar-refractivity contribution < 1.29 is 54.1 Å². The molecule has 0 aliphatic heterocycles. The molecule has 0 rings (SSSR count). The SMILES string of the molecule is C.CCC(C)CCCCC/C=C/C(=O)OC.CCOCC.COC(=O)/C=C/CCCCCC(O)CO.C[Si](C)(C)C=N.ClCCl.O=C(O)/C=C/CCCCCC(O)CO. The Hall–Kier alpha value is -2.10. The fraction of sp³-hybridized carbons (Fsp3) is 0.773. The summed E-state index contributed by atoms with van der Waals surface area (Å²) in [5, 5.41) is 50.4. The van der Waals surface area contributed by atoms with Crippen LogP contribution in [0.3, 0.4) is 0 Å². The molecule has 0 amide bonds. The van der Waals surface area contributed by atoms with Crippen molar-refractivity contribution in [2.45, 2.75) is 170 Å². The summed E-state index contributed by atoms with van der Waals surface area (Å²) in [7, 11) is 1.66. The Kier molecular flexibility index (Phi) is 72.9. The Morgan fingerprint density at radius 3 is 1.22 bits per heavy atom. The lowest BCUT2D eigenvalue weighted by Crippen LogP contribution is -2.20. The number of aliphatic hydroxyl groups excluding tert-OH is 4. The zero-order chi connectivity index (χ0) is 45.9. The molecular formula is C44H89Cl2NO11Si. The molecule has 0 aromatic carbocycles. The molecule has 6 N–H and O–H groups in total. The number of carbonyl (C=O) groups is 3. The van der Waals surface area contributed by atoms with Crippen LogP contribution in [0.2, 0.25) is 19.6 Å². The molecule has 0 saturated heterocycles. The van der Waals surface area contributed by atoms with Crippen molar-refractivity contribution in [1.82, 2.24) is 0 Å². The van der Waals surface area contributed by atoms with E-state index in [2.05, 4.69) is 43.0 Å². The van der Waals surface area contributed by atoms with Gasteiger partial charge < -0.3 is 45.2 Å². The number of methoxy groups -OCH3 is 2. The van der Waals surface area contributed by atoms with Crippen LogP contribution in [-0.4, -0.2) is 116 Å². The van der Waals surface area contributed by atoms with Crippen LogP contribution in [0.25, 0.3) is 0 Å². The number of carboxylic acid groups (broad SMARTS) is 1. The molecule has 15 heteroatoms. The van der Waals surface area contributed by atoms with E-state index in [-0.39, 0.29) is 37.9 Å². The first-order chi connectivity index (χ1) is 27.5. The van der Waals surface area contributed by atoms with E-state index in [0.717, 1.165) is 83.0 Å². The second-order valence-electron chi connectivity index (χ2n) is 14.1. The minimum absolute atomic E-state index is 0. The van der Waals surface area contributed by atoms with Crippen molar-refractivity contribution in [3.63, 3.8) is 0 Å². The van der Waals surface area contributed by atoms with Gasteiger partial charge in [0.25, 0.3) is 0 Å². The highest BCUT2D eigenvalue weighted by Gasteiger charge is 2.05. The summed E-state index contributed by atoms with van der Waals surface area (Å²) in [6, 6.07) is 0. The van der Waals surface area contributed by atoms with Gasteiger partial charge in [-0.25, -0.2) is 14.4 Å². The third-order valence-corrected chi connectivity index (χ3v) is 8.38. The minimum atomic E-state index is -1.09. The molecule has 354 valence electrons. The molecule has 0 aromatic rings. The van der Waals surface area contributed by atoms with Crippen LogP contribution in [0.15, 0.2) is 36.5 Å². The normalized spacial score (nSPS) is 11.9. The molecule has 0 aliphatic rings. The Morgan fingerprint density at radius 1 is 0.661 bits per heavy atom. The second kappa shape index (κ2) is 60.2. The number of rotatable bonds is 27. The largest absolute Gasteiger partial charge is 0.478 e. The zero-order valence-electron chi connectivity index (χ0n) is 37.6. The van der Waals surface area contributed by atoms with Crippen LogP contribution in [0, 0.1) is 11.3 Å².